The van der Waals surface area contributed by atoms with Crippen molar-refractivity contribution in [2.45, 2.75) is 38.2 Å². The normalized spacial score (nSPS) is 27.4. The van der Waals surface area contributed by atoms with Crippen LogP contribution in [0.15, 0.2) is 60.7 Å². The van der Waals surface area contributed by atoms with Crippen LogP contribution >= 0.6 is 11.6 Å². The topological polar surface area (TPSA) is 18.5 Å². The van der Waals surface area contributed by atoms with Gasteiger partial charge in [0.2, 0.25) is 0 Å². The molecule has 0 amide bonds. The molecular formula is C23H29ClO2. The fraction of sp³-hybridized carbons (Fsp3) is 0.478. The van der Waals surface area contributed by atoms with Crippen LogP contribution in [-0.2, 0) is 22.5 Å². The molecule has 0 spiro atoms. The summed E-state index contributed by atoms with van der Waals surface area (Å²) in [5.41, 5.74) is 2.53. The van der Waals surface area contributed by atoms with E-state index < -0.39 is 0 Å². The first-order chi connectivity index (χ1) is 12.6. The molecule has 3 rings (SSSR count). The summed E-state index contributed by atoms with van der Waals surface area (Å²) in [6.45, 7) is 7.06. The van der Waals surface area contributed by atoms with Gasteiger partial charge in [0.15, 0.2) is 0 Å². The lowest BCUT2D eigenvalue weighted by Crippen LogP contribution is -2.23. The molecule has 1 aliphatic rings. The highest BCUT2D eigenvalue weighted by Crippen LogP contribution is 2.66. The van der Waals surface area contributed by atoms with Crippen LogP contribution < -0.4 is 0 Å². The minimum absolute atomic E-state index is 0.0159. The van der Waals surface area contributed by atoms with Crippen molar-refractivity contribution in [2.24, 2.45) is 11.3 Å². The Balaban J connectivity index is 1.37. The van der Waals surface area contributed by atoms with Gasteiger partial charge in [0.25, 0.3) is 0 Å². The molecule has 3 atom stereocenters. The van der Waals surface area contributed by atoms with Crippen LogP contribution in [0.1, 0.15) is 31.4 Å². The number of ether oxygens (including phenoxy) is 2. The van der Waals surface area contributed by atoms with Gasteiger partial charge in [0, 0.05) is 12.0 Å². The molecule has 0 aromatic heterocycles. The van der Waals surface area contributed by atoms with Crippen molar-refractivity contribution in [1.82, 2.24) is 0 Å². The van der Waals surface area contributed by atoms with Crippen LogP contribution in [0, 0.1) is 11.3 Å². The summed E-state index contributed by atoms with van der Waals surface area (Å²) in [6, 6.07) is 20.8. The smallest absolute Gasteiger partial charge is 0.0790 e. The zero-order valence-corrected chi connectivity index (χ0v) is 16.5. The van der Waals surface area contributed by atoms with Gasteiger partial charge in [-0.2, -0.15) is 0 Å². The highest BCUT2D eigenvalue weighted by atomic mass is 35.5. The molecule has 2 nitrogen and oxygen atoms in total. The molecule has 0 saturated heterocycles. The Hall–Kier alpha value is -1.35. The van der Waals surface area contributed by atoms with E-state index in [2.05, 4.69) is 56.3 Å². The summed E-state index contributed by atoms with van der Waals surface area (Å²) in [4.78, 5) is -0.318. The van der Waals surface area contributed by atoms with Crippen LogP contribution in [-0.4, -0.2) is 24.7 Å². The Labute approximate surface area is 162 Å². The van der Waals surface area contributed by atoms with E-state index in [4.69, 9.17) is 21.1 Å². The van der Waals surface area contributed by atoms with Crippen molar-refractivity contribution in [3.8, 4) is 0 Å². The first-order valence-corrected chi connectivity index (χ1v) is 9.86. The number of hydrogen-bond acceptors (Lipinski definition) is 2. The third-order valence-electron chi connectivity index (χ3n) is 5.93. The van der Waals surface area contributed by atoms with Gasteiger partial charge in [-0.15, -0.1) is 11.6 Å². The SMILES string of the molecule is C[C@H]1[C@](Cl)(COCc2ccccc2)[C@]1(C)COCCCc1ccccc1. The number of aryl methyl sites for hydroxylation is 1. The van der Waals surface area contributed by atoms with Gasteiger partial charge in [-0.05, 0) is 29.9 Å². The van der Waals surface area contributed by atoms with Crippen molar-refractivity contribution < 1.29 is 9.47 Å². The lowest BCUT2D eigenvalue weighted by atomic mass is 10.1. The third-order valence-corrected chi connectivity index (χ3v) is 6.80. The molecule has 0 unspecified atom stereocenters. The predicted octanol–water partition coefficient (Wildman–Crippen LogP) is 5.49. The number of benzene rings is 2. The van der Waals surface area contributed by atoms with Gasteiger partial charge in [-0.1, -0.05) is 74.5 Å². The van der Waals surface area contributed by atoms with E-state index in [9.17, 15) is 0 Å². The molecule has 2 aromatic carbocycles. The average molecular weight is 373 g/mol. The zero-order chi connectivity index (χ0) is 18.5. The summed E-state index contributed by atoms with van der Waals surface area (Å²) in [5, 5.41) is 0. The standard InChI is InChI=1S/C23H29ClO2/c1-19-22(2,17-25-15-9-14-20-10-5-3-6-11-20)23(19,24)18-26-16-21-12-7-4-8-13-21/h3-8,10-13,19H,9,14-18H2,1-2H3/t19-,22-,23-/m1/s1. The highest BCUT2D eigenvalue weighted by Gasteiger charge is 2.71. The number of halogens is 1. The molecule has 1 fully saturated rings. The quantitative estimate of drug-likeness (QED) is 0.405. The maximum Gasteiger partial charge on any atom is 0.0790 e. The lowest BCUT2D eigenvalue weighted by Gasteiger charge is -2.17. The van der Waals surface area contributed by atoms with Gasteiger partial charge in [-0.25, -0.2) is 0 Å². The second-order valence-corrected chi connectivity index (χ2v) is 8.30. The molecule has 0 N–H and O–H groups in total. The molecule has 3 heteroatoms. The maximum atomic E-state index is 6.87. The van der Waals surface area contributed by atoms with Crippen molar-refractivity contribution in [3.63, 3.8) is 0 Å². The molecule has 140 valence electrons. The van der Waals surface area contributed by atoms with Gasteiger partial charge in [0.05, 0.1) is 24.7 Å². The third kappa shape index (κ3) is 4.31. The minimum Gasteiger partial charge on any atom is -0.381 e. The molecule has 0 radical (unpaired) electrons. The van der Waals surface area contributed by atoms with E-state index in [-0.39, 0.29) is 10.3 Å². The molecule has 0 aliphatic heterocycles. The Morgan fingerprint density at radius 2 is 1.50 bits per heavy atom. The van der Waals surface area contributed by atoms with Crippen LogP contribution in [0.5, 0.6) is 0 Å². The van der Waals surface area contributed by atoms with E-state index in [0.717, 1.165) is 19.4 Å². The second-order valence-electron chi connectivity index (χ2n) is 7.62. The predicted molar refractivity (Wildman–Crippen MR) is 108 cm³/mol. The number of alkyl halides is 1. The molecule has 1 aliphatic carbocycles. The van der Waals surface area contributed by atoms with E-state index in [0.29, 0.717) is 25.7 Å². The zero-order valence-electron chi connectivity index (χ0n) is 15.8. The summed E-state index contributed by atoms with van der Waals surface area (Å²) < 4.78 is 11.9. The summed E-state index contributed by atoms with van der Waals surface area (Å²) >= 11 is 6.87. The van der Waals surface area contributed by atoms with Gasteiger partial charge in [-0.3, -0.25) is 0 Å². The Morgan fingerprint density at radius 1 is 0.885 bits per heavy atom. The molecular weight excluding hydrogens is 344 g/mol. The van der Waals surface area contributed by atoms with Crippen molar-refractivity contribution in [3.05, 3.63) is 71.8 Å². The Kier molecular flexibility index (Phi) is 6.39. The highest BCUT2D eigenvalue weighted by molar-refractivity contribution is 6.27. The first-order valence-electron chi connectivity index (χ1n) is 9.48. The van der Waals surface area contributed by atoms with Gasteiger partial charge < -0.3 is 9.47 Å². The van der Waals surface area contributed by atoms with Crippen molar-refractivity contribution in [2.75, 3.05) is 19.8 Å². The molecule has 0 bridgehead atoms. The average Bonchev–Trinajstić information content (AvgIpc) is 3.09. The van der Waals surface area contributed by atoms with Crippen molar-refractivity contribution in [1.29, 1.82) is 0 Å². The monoisotopic (exact) mass is 372 g/mol. The lowest BCUT2D eigenvalue weighted by molar-refractivity contribution is 0.0694. The van der Waals surface area contributed by atoms with Crippen LogP contribution in [0.25, 0.3) is 0 Å². The molecule has 1 saturated carbocycles. The second kappa shape index (κ2) is 8.56. The van der Waals surface area contributed by atoms with E-state index in [1.165, 1.54) is 11.1 Å². The maximum absolute atomic E-state index is 6.87. The van der Waals surface area contributed by atoms with E-state index >= 15 is 0 Å². The van der Waals surface area contributed by atoms with Gasteiger partial charge in [0.1, 0.15) is 0 Å². The van der Waals surface area contributed by atoms with E-state index in [1.54, 1.807) is 0 Å². The molecule has 2 aromatic rings. The fourth-order valence-corrected chi connectivity index (χ4v) is 4.17. The first kappa shape index (κ1) is 19.4. The van der Waals surface area contributed by atoms with Crippen molar-refractivity contribution >= 4 is 11.6 Å². The van der Waals surface area contributed by atoms with E-state index in [1.807, 2.05) is 18.2 Å². The fourth-order valence-electron chi connectivity index (χ4n) is 3.69. The number of hydrogen-bond donors (Lipinski definition) is 0. The van der Waals surface area contributed by atoms with Crippen LogP contribution in [0.4, 0.5) is 0 Å². The van der Waals surface area contributed by atoms with Crippen LogP contribution in [0.2, 0.25) is 0 Å². The Morgan fingerprint density at radius 3 is 2.15 bits per heavy atom. The molecule has 26 heavy (non-hydrogen) atoms. The summed E-state index contributed by atoms with van der Waals surface area (Å²) in [6.07, 6.45) is 2.09. The summed E-state index contributed by atoms with van der Waals surface area (Å²) in [5.74, 6) is 0.390. The largest absolute Gasteiger partial charge is 0.381 e. The van der Waals surface area contributed by atoms with Crippen LogP contribution in [0.3, 0.4) is 0 Å². The summed E-state index contributed by atoms with van der Waals surface area (Å²) in [7, 11) is 0. The minimum atomic E-state index is -0.318. The molecule has 0 heterocycles. The Bertz CT molecular complexity index is 675. The van der Waals surface area contributed by atoms with Gasteiger partial charge >= 0.3 is 0 Å². The number of rotatable bonds is 10.